The van der Waals surface area contributed by atoms with Gasteiger partial charge in [0.25, 0.3) is 0 Å². The number of hydrogen-bond donors (Lipinski definition) is 1. The summed E-state index contributed by atoms with van der Waals surface area (Å²) >= 11 is 0. The van der Waals surface area contributed by atoms with Crippen LogP contribution in [0.15, 0.2) is 24.3 Å². The van der Waals surface area contributed by atoms with Gasteiger partial charge in [-0.15, -0.1) is 0 Å². The minimum absolute atomic E-state index is 0.341. The van der Waals surface area contributed by atoms with Gasteiger partial charge in [-0.2, -0.15) is 0 Å². The predicted molar refractivity (Wildman–Crippen MR) is 71.2 cm³/mol. The van der Waals surface area contributed by atoms with Gasteiger partial charge in [0, 0.05) is 5.41 Å². The van der Waals surface area contributed by atoms with E-state index in [2.05, 4.69) is 38.1 Å². The first-order valence-corrected chi connectivity index (χ1v) is 6.53. The highest BCUT2D eigenvalue weighted by molar-refractivity contribution is 5.26. The number of rotatable bonds is 5. The van der Waals surface area contributed by atoms with Crippen molar-refractivity contribution in [1.29, 1.82) is 0 Å². The molecule has 0 spiro atoms. The van der Waals surface area contributed by atoms with E-state index in [1.807, 2.05) is 0 Å². The lowest BCUT2D eigenvalue weighted by Crippen LogP contribution is -2.41. The third kappa shape index (κ3) is 2.88. The molecule has 0 amide bonds. The van der Waals surface area contributed by atoms with Crippen LogP contribution in [0.5, 0.6) is 0 Å². The monoisotopic (exact) mass is 233 g/mol. The van der Waals surface area contributed by atoms with Crippen LogP contribution in [0.2, 0.25) is 0 Å². The van der Waals surface area contributed by atoms with Gasteiger partial charge >= 0.3 is 0 Å². The Balaban J connectivity index is 2.05. The minimum atomic E-state index is 0.341. The van der Waals surface area contributed by atoms with Crippen LogP contribution < -0.4 is 5.73 Å². The molecular formula is C15H23NO. The summed E-state index contributed by atoms with van der Waals surface area (Å²) < 4.78 is 5.31. The zero-order chi connectivity index (χ0) is 12.3. The molecule has 1 atom stereocenters. The maximum absolute atomic E-state index is 5.92. The second-order valence-corrected chi connectivity index (χ2v) is 5.54. The van der Waals surface area contributed by atoms with Crippen LogP contribution >= 0.6 is 0 Å². The maximum Gasteiger partial charge on any atom is 0.0542 e. The van der Waals surface area contributed by atoms with Gasteiger partial charge in [-0.05, 0) is 36.4 Å². The normalized spacial score (nSPS) is 19.7. The Labute approximate surface area is 104 Å². The topological polar surface area (TPSA) is 35.2 Å². The standard InChI is InChI=1S/C15H23NO/c1-3-12-4-6-13(7-5-12)14(9-16)8-15(2)10-17-11-15/h4-7,14H,3,8-11,16H2,1-2H3. The Morgan fingerprint density at radius 2 is 1.94 bits per heavy atom. The van der Waals surface area contributed by atoms with E-state index in [1.54, 1.807) is 0 Å². The second kappa shape index (κ2) is 5.19. The first-order chi connectivity index (χ1) is 8.17. The number of aryl methyl sites for hydroxylation is 1. The van der Waals surface area contributed by atoms with Gasteiger partial charge in [-0.25, -0.2) is 0 Å². The Morgan fingerprint density at radius 3 is 2.35 bits per heavy atom. The van der Waals surface area contributed by atoms with E-state index in [0.29, 0.717) is 11.3 Å². The van der Waals surface area contributed by atoms with Crippen molar-refractivity contribution in [3.05, 3.63) is 35.4 Å². The zero-order valence-corrected chi connectivity index (χ0v) is 10.9. The van der Waals surface area contributed by atoms with Crippen LogP contribution in [-0.2, 0) is 11.2 Å². The molecule has 0 saturated carbocycles. The van der Waals surface area contributed by atoms with Crippen LogP contribution in [0.25, 0.3) is 0 Å². The largest absolute Gasteiger partial charge is 0.380 e. The van der Waals surface area contributed by atoms with Crippen molar-refractivity contribution in [1.82, 2.24) is 0 Å². The van der Waals surface area contributed by atoms with E-state index in [1.165, 1.54) is 11.1 Å². The summed E-state index contributed by atoms with van der Waals surface area (Å²) in [6.07, 6.45) is 2.23. The molecule has 0 bridgehead atoms. The molecule has 0 aliphatic carbocycles. The third-order valence-corrected chi connectivity index (χ3v) is 3.78. The van der Waals surface area contributed by atoms with Crippen molar-refractivity contribution >= 4 is 0 Å². The molecule has 1 aromatic carbocycles. The van der Waals surface area contributed by atoms with Gasteiger partial charge < -0.3 is 10.5 Å². The summed E-state index contributed by atoms with van der Waals surface area (Å²) in [5.41, 5.74) is 9.03. The number of nitrogens with two attached hydrogens (primary N) is 1. The maximum atomic E-state index is 5.92. The van der Waals surface area contributed by atoms with Crippen molar-refractivity contribution in [2.45, 2.75) is 32.6 Å². The summed E-state index contributed by atoms with van der Waals surface area (Å²) in [4.78, 5) is 0. The van der Waals surface area contributed by atoms with E-state index in [-0.39, 0.29) is 0 Å². The zero-order valence-electron chi connectivity index (χ0n) is 10.9. The van der Waals surface area contributed by atoms with E-state index in [9.17, 15) is 0 Å². The molecule has 1 aliphatic rings. The number of ether oxygens (including phenoxy) is 1. The van der Waals surface area contributed by atoms with Crippen molar-refractivity contribution in [2.75, 3.05) is 19.8 Å². The minimum Gasteiger partial charge on any atom is -0.380 e. The number of hydrogen-bond acceptors (Lipinski definition) is 2. The van der Waals surface area contributed by atoms with Gasteiger partial charge in [-0.3, -0.25) is 0 Å². The molecule has 1 unspecified atom stereocenters. The first-order valence-electron chi connectivity index (χ1n) is 6.53. The molecule has 17 heavy (non-hydrogen) atoms. The van der Waals surface area contributed by atoms with Crippen LogP contribution in [0.4, 0.5) is 0 Å². The molecular weight excluding hydrogens is 210 g/mol. The molecule has 1 saturated heterocycles. The molecule has 1 heterocycles. The lowest BCUT2D eigenvalue weighted by atomic mass is 9.77. The average Bonchev–Trinajstić information content (AvgIpc) is 2.34. The molecule has 1 aromatic rings. The Kier molecular flexibility index (Phi) is 3.85. The van der Waals surface area contributed by atoms with Gasteiger partial charge in [0.15, 0.2) is 0 Å². The third-order valence-electron chi connectivity index (χ3n) is 3.78. The fourth-order valence-electron chi connectivity index (χ4n) is 2.53. The average molecular weight is 233 g/mol. The molecule has 2 rings (SSSR count). The fraction of sp³-hybridized carbons (Fsp3) is 0.600. The highest BCUT2D eigenvalue weighted by Crippen LogP contribution is 2.37. The Hall–Kier alpha value is -0.860. The molecule has 2 N–H and O–H groups in total. The van der Waals surface area contributed by atoms with Crippen LogP contribution in [-0.4, -0.2) is 19.8 Å². The molecule has 0 radical (unpaired) electrons. The van der Waals surface area contributed by atoms with E-state index in [0.717, 1.165) is 32.6 Å². The van der Waals surface area contributed by atoms with Crippen LogP contribution in [0.1, 0.15) is 37.3 Å². The van der Waals surface area contributed by atoms with Crippen LogP contribution in [0, 0.1) is 5.41 Å². The van der Waals surface area contributed by atoms with E-state index in [4.69, 9.17) is 10.5 Å². The molecule has 2 heteroatoms. The molecule has 1 aliphatic heterocycles. The SMILES string of the molecule is CCc1ccc(C(CN)CC2(C)COC2)cc1. The first kappa shape index (κ1) is 12.6. The molecule has 0 aromatic heterocycles. The number of benzene rings is 1. The van der Waals surface area contributed by atoms with Crippen molar-refractivity contribution in [3.8, 4) is 0 Å². The Morgan fingerprint density at radius 1 is 1.29 bits per heavy atom. The van der Waals surface area contributed by atoms with Crippen molar-refractivity contribution in [2.24, 2.45) is 11.1 Å². The summed E-state index contributed by atoms with van der Waals surface area (Å²) in [7, 11) is 0. The summed E-state index contributed by atoms with van der Waals surface area (Å²) in [5, 5.41) is 0. The highest BCUT2D eigenvalue weighted by atomic mass is 16.5. The van der Waals surface area contributed by atoms with Gasteiger partial charge in [0.05, 0.1) is 13.2 Å². The van der Waals surface area contributed by atoms with Gasteiger partial charge in [0.2, 0.25) is 0 Å². The predicted octanol–water partition coefficient (Wildman–Crippen LogP) is 2.72. The molecule has 94 valence electrons. The summed E-state index contributed by atoms with van der Waals surface area (Å²) in [6, 6.07) is 8.91. The van der Waals surface area contributed by atoms with E-state index < -0.39 is 0 Å². The molecule has 2 nitrogen and oxygen atoms in total. The summed E-state index contributed by atoms with van der Waals surface area (Å²) in [5.74, 6) is 0.467. The summed E-state index contributed by atoms with van der Waals surface area (Å²) in [6.45, 7) is 6.97. The lowest BCUT2D eigenvalue weighted by molar-refractivity contribution is -0.108. The van der Waals surface area contributed by atoms with Gasteiger partial charge in [-0.1, -0.05) is 38.1 Å². The van der Waals surface area contributed by atoms with E-state index >= 15 is 0 Å². The van der Waals surface area contributed by atoms with Crippen molar-refractivity contribution in [3.63, 3.8) is 0 Å². The smallest absolute Gasteiger partial charge is 0.0542 e. The van der Waals surface area contributed by atoms with Crippen molar-refractivity contribution < 1.29 is 4.74 Å². The second-order valence-electron chi connectivity index (χ2n) is 5.54. The quantitative estimate of drug-likeness (QED) is 0.848. The highest BCUT2D eigenvalue weighted by Gasteiger charge is 2.35. The Bertz CT molecular complexity index is 354. The lowest BCUT2D eigenvalue weighted by Gasteiger charge is -2.40. The fourth-order valence-corrected chi connectivity index (χ4v) is 2.53. The van der Waals surface area contributed by atoms with Crippen LogP contribution in [0.3, 0.4) is 0 Å². The molecule has 1 fully saturated rings. The van der Waals surface area contributed by atoms with Gasteiger partial charge in [0.1, 0.15) is 0 Å².